The number of thioether (sulfide) groups is 1. The first-order valence-corrected chi connectivity index (χ1v) is 10.7. The molecule has 0 unspecified atom stereocenters. The van der Waals surface area contributed by atoms with Crippen LogP contribution in [0.3, 0.4) is 0 Å². The summed E-state index contributed by atoms with van der Waals surface area (Å²) in [6.07, 6.45) is 1.78. The van der Waals surface area contributed by atoms with E-state index in [4.69, 9.17) is 4.98 Å². The number of nitrogens with zero attached hydrogens (tertiary/aromatic N) is 3. The number of hydrogen-bond donors (Lipinski definition) is 1. The van der Waals surface area contributed by atoms with Crippen LogP contribution in [-0.4, -0.2) is 19.5 Å². The highest BCUT2D eigenvalue weighted by Crippen LogP contribution is 2.29. The summed E-state index contributed by atoms with van der Waals surface area (Å²) < 4.78 is 1.73. The Bertz CT molecular complexity index is 1440. The molecule has 0 saturated heterocycles. The Balaban J connectivity index is 1.77. The molecule has 2 aromatic carbocycles. The molecule has 0 aliphatic carbocycles. The van der Waals surface area contributed by atoms with Gasteiger partial charge in [-0.1, -0.05) is 48.2 Å². The van der Waals surface area contributed by atoms with Gasteiger partial charge in [0.1, 0.15) is 11.0 Å². The number of fused-ring (bicyclic) bond motifs is 3. The van der Waals surface area contributed by atoms with Crippen LogP contribution in [0.15, 0.2) is 76.8 Å². The van der Waals surface area contributed by atoms with E-state index in [2.05, 4.69) is 23.0 Å². The number of aryl methyl sites for hydroxylation is 1. The van der Waals surface area contributed by atoms with Crippen LogP contribution in [-0.2, 0) is 5.75 Å². The highest BCUT2D eigenvalue weighted by molar-refractivity contribution is 7.98. The molecule has 3 heterocycles. The highest BCUT2D eigenvalue weighted by Gasteiger charge is 2.18. The maximum atomic E-state index is 13.7. The van der Waals surface area contributed by atoms with Crippen molar-refractivity contribution in [3.8, 4) is 5.69 Å². The molecule has 0 aliphatic rings. The molecular weight excluding hydrogens is 392 g/mol. The quantitative estimate of drug-likeness (QED) is 0.327. The second-order valence-corrected chi connectivity index (χ2v) is 8.20. The van der Waals surface area contributed by atoms with Gasteiger partial charge in [0.2, 0.25) is 0 Å². The van der Waals surface area contributed by atoms with Gasteiger partial charge in [0, 0.05) is 22.9 Å². The first kappa shape index (κ1) is 18.6. The van der Waals surface area contributed by atoms with Gasteiger partial charge in [-0.3, -0.25) is 14.3 Å². The van der Waals surface area contributed by atoms with Gasteiger partial charge in [0.25, 0.3) is 5.56 Å². The summed E-state index contributed by atoms with van der Waals surface area (Å²) in [5, 5.41) is 1.62. The molecule has 5 nitrogen and oxygen atoms in total. The van der Waals surface area contributed by atoms with Crippen molar-refractivity contribution < 1.29 is 0 Å². The molecule has 0 aliphatic heterocycles. The fourth-order valence-electron chi connectivity index (χ4n) is 3.65. The minimum Gasteiger partial charge on any atom is -0.349 e. The summed E-state index contributed by atoms with van der Waals surface area (Å²) in [6.45, 7) is 4.10. The minimum atomic E-state index is -0.0894. The minimum absolute atomic E-state index is 0.0894. The number of rotatable bonds is 4. The number of H-pyrrole nitrogens is 1. The number of para-hydroxylation sites is 1. The third-order valence-electron chi connectivity index (χ3n) is 5.39. The van der Waals surface area contributed by atoms with E-state index in [0.29, 0.717) is 21.9 Å². The van der Waals surface area contributed by atoms with Gasteiger partial charge in [-0.2, -0.15) is 0 Å². The van der Waals surface area contributed by atoms with Crippen molar-refractivity contribution in [1.82, 2.24) is 19.5 Å². The lowest BCUT2D eigenvalue weighted by molar-refractivity contribution is 0.811. The molecule has 6 heteroatoms. The van der Waals surface area contributed by atoms with Crippen LogP contribution in [0.1, 0.15) is 16.8 Å². The fraction of sp³-hybridized carbons (Fsp3) is 0.125. The van der Waals surface area contributed by atoms with Crippen molar-refractivity contribution in [3.05, 3.63) is 94.0 Å². The molecule has 0 bridgehead atoms. The van der Waals surface area contributed by atoms with Gasteiger partial charge >= 0.3 is 0 Å². The average Bonchev–Trinajstić information content (AvgIpc) is 3.15. The molecule has 0 amide bonds. The van der Waals surface area contributed by atoms with Crippen LogP contribution in [0.4, 0.5) is 0 Å². The van der Waals surface area contributed by atoms with Crippen molar-refractivity contribution in [3.63, 3.8) is 0 Å². The Morgan fingerprint density at radius 3 is 2.67 bits per heavy atom. The van der Waals surface area contributed by atoms with Crippen LogP contribution < -0.4 is 5.56 Å². The summed E-state index contributed by atoms with van der Waals surface area (Å²) in [5.41, 5.74) is 6.07. The van der Waals surface area contributed by atoms with Gasteiger partial charge in [0.15, 0.2) is 5.16 Å². The van der Waals surface area contributed by atoms with E-state index < -0.39 is 0 Å². The predicted molar refractivity (Wildman–Crippen MR) is 122 cm³/mol. The van der Waals surface area contributed by atoms with Gasteiger partial charge in [-0.15, -0.1) is 0 Å². The molecule has 0 fully saturated rings. The van der Waals surface area contributed by atoms with Crippen molar-refractivity contribution in [2.24, 2.45) is 0 Å². The first-order valence-electron chi connectivity index (χ1n) is 9.76. The van der Waals surface area contributed by atoms with Crippen molar-refractivity contribution in [2.45, 2.75) is 24.8 Å². The molecule has 0 radical (unpaired) electrons. The van der Waals surface area contributed by atoms with Crippen LogP contribution in [0.5, 0.6) is 0 Å². The van der Waals surface area contributed by atoms with Gasteiger partial charge < -0.3 is 4.98 Å². The van der Waals surface area contributed by atoms with Crippen molar-refractivity contribution in [1.29, 1.82) is 0 Å². The molecular formula is C24H20N4OS. The Labute approximate surface area is 177 Å². The third-order valence-corrected chi connectivity index (χ3v) is 6.36. The fourth-order valence-corrected chi connectivity index (χ4v) is 4.57. The third kappa shape index (κ3) is 3.09. The standard InChI is InChI=1S/C24H20N4OS/c1-15-8-7-12-20(16(15)2)28-23(29)22-21(18-10-3-4-11-19(18)26-22)27-24(28)30-14-17-9-5-6-13-25-17/h3-13,26H,14H2,1-2H3. The zero-order valence-electron chi connectivity index (χ0n) is 16.7. The van der Waals surface area contributed by atoms with E-state index in [1.165, 1.54) is 11.8 Å². The second kappa shape index (κ2) is 7.46. The molecule has 148 valence electrons. The van der Waals surface area contributed by atoms with E-state index in [1.54, 1.807) is 10.8 Å². The second-order valence-electron chi connectivity index (χ2n) is 7.26. The topological polar surface area (TPSA) is 63.6 Å². The van der Waals surface area contributed by atoms with Gasteiger partial charge in [-0.25, -0.2) is 4.98 Å². The van der Waals surface area contributed by atoms with Crippen LogP contribution in [0, 0.1) is 13.8 Å². The first-order chi connectivity index (χ1) is 14.6. The van der Waals surface area contributed by atoms with E-state index in [0.717, 1.165) is 33.4 Å². The number of hydrogen-bond acceptors (Lipinski definition) is 4. The smallest absolute Gasteiger partial charge is 0.283 e. The summed E-state index contributed by atoms with van der Waals surface area (Å²) in [5.74, 6) is 0.631. The lowest BCUT2D eigenvalue weighted by Gasteiger charge is -2.15. The summed E-state index contributed by atoms with van der Waals surface area (Å²) in [6, 6.07) is 19.8. The largest absolute Gasteiger partial charge is 0.349 e. The summed E-state index contributed by atoms with van der Waals surface area (Å²) >= 11 is 1.53. The predicted octanol–water partition coefficient (Wildman–Crippen LogP) is 5.17. The highest BCUT2D eigenvalue weighted by atomic mass is 32.2. The van der Waals surface area contributed by atoms with Crippen LogP contribution in [0.2, 0.25) is 0 Å². The van der Waals surface area contributed by atoms with E-state index >= 15 is 0 Å². The van der Waals surface area contributed by atoms with Gasteiger partial charge in [-0.05, 0) is 49.2 Å². The average molecular weight is 413 g/mol. The van der Waals surface area contributed by atoms with Crippen molar-refractivity contribution >= 4 is 33.7 Å². The number of aromatic nitrogens is 4. The molecule has 3 aromatic heterocycles. The zero-order chi connectivity index (χ0) is 20.7. The summed E-state index contributed by atoms with van der Waals surface area (Å²) in [7, 11) is 0. The Kier molecular flexibility index (Phi) is 4.64. The maximum absolute atomic E-state index is 13.7. The molecule has 0 atom stereocenters. The number of nitrogens with one attached hydrogen (secondary N) is 1. The van der Waals surface area contributed by atoms with E-state index in [9.17, 15) is 4.79 Å². The zero-order valence-corrected chi connectivity index (χ0v) is 17.5. The SMILES string of the molecule is Cc1cccc(-n2c(SCc3ccccn3)nc3c([nH]c4ccccc43)c2=O)c1C. The number of pyridine rings is 1. The van der Waals surface area contributed by atoms with Crippen molar-refractivity contribution in [2.75, 3.05) is 0 Å². The molecule has 5 rings (SSSR count). The number of aromatic amines is 1. The van der Waals surface area contributed by atoms with E-state index in [-0.39, 0.29) is 5.56 Å². The summed E-state index contributed by atoms with van der Waals surface area (Å²) in [4.78, 5) is 26.3. The Morgan fingerprint density at radius 1 is 1.00 bits per heavy atom. The monoisotopic (exact) mass is 412 g/mol. The van der Waals surface area contributed by atoms with Gasteiger partial charge in [0.05, 0.1) is 11.4 Å². The Morgan fingerprint density at radius 2 is 1.83 bits per heavy atom. The molecule has 0 saturated carbocycles. The normalized spacial score (nSPS) is 11.4. The van der Waals surface area contributed by atoms with Crippen LogP contribution in [0.25, 0.3) is 27.6 Å². The van der Waals surface area contributed by atoms with Crippen LogP contribution >= 0.6 is 11.8 Å². The molecule has 0 spiro atoms. The molecule has 1 N–H and O–H groups in total. The number of benzene rings is 2. The lowest BCUT2D eigenvalue weighted by atomic mass is 10.1. The molecule has 30 heavy (non-hydrogen) atoms. The van der Waals surface area contributed by atoms with E-state index in [1.807, 2.05) is 61.5 Å². The maximum Gasteiger partial charge on any atom is 0.283 e. The molecule has 5 aromatic rings. The Hall–Kier alpha value is -3.38. The lowest BCUT2D eigenvalue weighted by Crippen LogP contribution is -2.22.